The molecule has 0 unspecified atom stereocenters. The molecule has 1 saturated heterocycles. The third-order valence-electron chi connectivity index (χ3n) is 4.24. The van der Waals surface area contributed by atoms with E-state index in [-0.39, 0.29) is 5.82 Å². The molecule has 3 rings (SSSR count). The second kappa shape index (κ2) is 6.95. The maximum absolute atomic E-state index is 13.8. The molecule has 0 saturated carbocycles. The van der Waals surface area contributed by atoms with Crippen LogP contribution >= 0.6 is 0 Å². The van der Waals surface area contributed by atoms with Gasteiger partial charge in [-0.3, -0.25) is 0 Å². The lowest BCUT2D eigenvalue weighted by molar-refractivity contribution is 0.234. The van der Waals surface area contributed by atoms with E-state index in [2.05, 4.69) is 0 Å². The normalized spacial score (nSPS) is 15.7. The molecule has 0 aliphatic carbocycles. The van der Waals surface area contributed by atoms with Crippen LogP contribution in [0.5, 0.6) is 0 Å². The van der Waals surface area contributed by atoms with E-state index >= 15 is 0 Å². The van der Waals surface area contributed by atoms with Crippen LogP contribution in [0.15, 0.2) is 53.4 Å². The van der Waals surface area contributed by atoms with Gasteiger partial charge in [-0.05, 0) is 36.4 Å². The molecule has 1 heterocycles. The van der Waals surface area contributed by atoms with Gasteiger partial charge in [-0.1, -0.05) is 12.1 Å². The number of anilines is 2. The first kappa shape index (κ1) is 17.6. The fraction of sp³-hybridized carbons (Fsp3) is 0.294. The summed E-state index contributed by atoms with van der Waals surface area (Å²) < 4.78 is 61.8. The second-order valence-electron chi connectivity index (χ2n) is 5.73. The summed E-state index contributed by atoms with van der Waals surface area (Å²) in [5.74, 6) is -3.69. The standard InChI is InChI=1S/C17H17F3N2O2S/c18-15-3-1-2-4-16(15)22-11-9-21(10-12-22)13-5-7-14(8-6-13)25(23,24)17(19)20/h1-8,17H,9-12H2. The van der Waals surface area contributed by atoms with Gasteiger partial charge in [0.05, 0.1) is 10.6 Å². The van der Waals surface area contributed by atoms with Crippen LogP contribution in [0, 0.1) is 5.82 Å². The fourth-order valence-electron chi connectivity index (χ4n) is 2.86. The minimum absolute atomic E-state index is 0.266. The summed E-state index contributed by atoms with van der Waals surface area (Å²) in [4.78, 5) is 3.56. The van der Waals surface area contributed by atoms with Gasteiger partial charge in [-0.25, -0.2) is 12.8 Å². The van der Waals surface area contributed by atoms with Crippen LogP contribution in [0.3, 0.4) is 0 Å². The van der Waals surface area contributed by atoms with Gasteiger partial charge in [0.15, 0.2) is 0 Å². The molecule has 2 aromatic rings. The predicted octanol–water partition coefficient (Wildman–Crippen LogP) is 3.15. The maximum Gasteiger partial charge on any atom is 0.341 e. The number of piperazine rings is 1. The minimum Gasteiger partial charge on any atom is -0.368 e. The fourth-order valence-corrected chi connectivity index (χ4v) is 3.58. The highest BCUT2D eigenvalue weighted by Crippen LogP contribution is 2.25. The van der Waals surface area contributed by atoms with Crippen LogP contribution in [0.1, 0.15) is 0 Å². The summed E-state index contributed by atoms with van der Waals surface area (Å²) in [5.41, 5.74) is 1.31. The Hall–Kier alpha value is -2.22. The molecule has 1 aliphatic rings. The summed E-state index contributed by atoms with van der Waals surface area (Å²) in [6.45, 7) is 2.46. The lowest BCUT2D eigenvalue weighted by Crippen LogP contribution is -2.46. The van der Waals surface area contributed by atoms with Crippen molar-refractivity contribution in [2.75, 3.05) is 36.0 Å². The number of hydrogen-bond donors (Lipinski definition) is 0. The average molecular weight is 370 g/mol. The Bertz CT molecular complexity index is 833. The van der Waals surface area contributed by atoms with Crippen LogP contribution in [0.25, 0.3) is 0 Å². The first-order valence-electron chi connectivity index (χ1n) is 7.76. The van der Waals surface area contributed by atoms with E-state index in [4.69, 9.17) is 0 Å². The van der Waals surface area contributed by atoms with E-state index < -0.39 is 20.5 Å². The molecule has 0 atom stereocenters. The van der Waals surface area contributed by atoms with Gasteiger partial charge in [0.1, 0.15) is 5.82 Å². The molecule has 2 aromatic carbocycles. The molecule has 0 N–H and O–H groups in total. The van der Waals surface area contributed by atoms with E-state index in [0.717, 1.165) is 5.69 Å². The maximum atomic E-state index is 13.8. The lowest BCUT2D eigenvalue weighted by atomic mass is 10.2. The van der Waals surface area contributed by atoms with Crippen molar-refractivity contribution in [1.29, 1.82) is 0 Å². The Balaban J connectivity index is 1.68. The minimum atomic E-state index is -4.58. The molecule has 0 aromatic heterocycles. The number of halogens is 3. The summed E-state index contributed by atoms with van der Waals surface area (Å²) >= 11 is 0. The summed E-state index contributed by atoms with van der Waals surface area (Å²) in [6, 6.07) is 12.0. The van der Waals surface area contributed by atoms with Crippen molar-refractivity contribution in [3.8, 4) is 0 Å². The Kier molecular flexibility index (Phi) is 4.89. The summed E-state index contributed by atoms with van der Waals surface area (Å²) in [6.07, 6.45) is 0. The molecule has 0 spiro atoms. The van der Waals surface area contributed by atoms with Gasteiger partial charge in [0.25, 0.3) is 0 Å². The molecule has 1 aliphatic heterocycles. The average Bonchev–Trinajstić information content (AvgIpc) is 2.62. The van der Waals surface area contributed by atoms with Crippen LogP contribution in [-0.2, 0) is 9.84 Å². The third-order valence-corrected chi connectivity index (χ3v) is 5.64. The van der Waals surface area contributed by atoms with E-state index in [1.807, 2.05) is 9.80 Å². The van der Waals surface area contributed by atoms with Crippen LogP contribution < -0.4 is 9.80 Å². The Morgan fingerprint density at radius 2 is 1.40 bits per heavy atom. The number of rotatable bonds is 4. The molecule has 0 amide bonds. The van der Waals surface area contributed by atoms with Crippen molar-refractivity contribution >= 4 is 21.2 Å². The smallest absolute Gasteiger partial charge is 0.341 e. The Labute approximate surface area is 144 Å². The van der Waals surface area contributed by atoms with Crippen molar-refractivity contribution < 1.29 is 21.6 Å². The number of hydrogen-bond acceptors (Lipinski definition) is 4. The lowest BCUT2D eigenvalue weighted by Gasteiger charge is -2.37. The van der Waals surface area contributed by atoms with Gasteiger partial charge in [0, 0.05) is 31.9 Å². The molecular formula is C17H17F3N2O2S. The zero-order chi connectivity index (χ0) is 18.0. The van der Waals surface area contributed by atoms with Crippen molar-refractivity contribution in [2.45, 2.75) is 10.7 Å². The van der Waals surface area contributed by atoms with Crippen molar-refractivity contribution in [1.82, 2.24) is 0 Å². The Morgan fingerprint density at radius 1 is 0.840 bits per heavy atom. The highest BCUT2D eigenvalue weighted by molar-refractivity contribution is 7.91. The van der Waals surface area contributed by atoms with Gasteiger partial charge in [0.2, 0.25) is 9.84 Å². The molecule has 0 radical (unpaired) electrons. The van der Waals surface area contributed by atoms with Gasteiger partial charge in [-0.15, -0.1) is 0 Å². The van der Waals surface area contributed by atoms with Crippen molar-refractivity contribution in [2.24, 2.45) is 0 Å². The molecule has 134 valence electrons. The number of para-hydroxylation sites is 1. The monoisotopic (exact) mass is 370 g/mol. The molecule has 8 heteroatoms. The van der Waals surface area contributed by atoms with Crippen LogP contribution in [0.4, 0.5) is 24.5 Å². The zero-order valence-electron chi connectivity index (χ0n) is 13.3. The van der Waals surface area contributed by atoms with E-state index in [0.29, 0.717) is 31.9 Å². The van der Waals surface area contributed by atoms with Crippen LogP contribution in [-0.4, -0.2) is 40.4 Å². The van der Waals surface area contributed by atoms with E-state index in [1.54, 1.807) is 18.2 Å². The molecule has 1 fully saturated rings. The Morgan fingerprint density at radius 3 is 1.96 bits per heavy atom. The highest BCUT2D eigenvalue weighted by Gasteiger charge is 2.27. The molecular weight excluding hydrogens is 353 g/mol. The van der Waals surface area contributed by atoms with Gasteiger partial charge in [-0.2, -0.15) is 8.78 Å². The number of nitrogens with zero attached hydrogens (tertiary/aromatic N) is 2. The SMILES string of the molecule is O=S(=O)(c1ccc(N2CCN(c3ccccc3F)CC2)cc1)C(F)F. The van der Waals surface area contributed by atoms with E-state index in [9.17, 15) is 21.6 Å². The zero-order valence-corrected chi connectivity index (χ0v) is 14.1. The number of sulfone groups is 1. The van der Waals surface area contributed by atoms with Crippen LogP contribution in [0.2, 0.25) is 0 Å². The topological polar surface area (TPSA) is 40.6 Å². The number of alkyl halides is 2. The molecule has 4 nitrogen and oxygen atoms in total. The van der Waals surface area contributed by atoms with Gasteiger partial charge >= 0.3 is 5.76 Å². The summed E-state index contributed by atoms with van der Waals surface area (Å²) in [7, 11) is -4.58. The van der Waals surface area contributed by atoms with Crippen molar-refractivity contribution in [3.05, 3.63) is 54.3 Å². The summed E-state index contributed by atoms with van der Waals surface area (Å²) in [5, 5.41) is 0. The van der Waals surface area contributed by atoms with E-state index in [1.165, 1.54) is 30.3 Å². The quantitative estimate of drug-likeness (QED) is 0.829. The number of benzene rings is 2. The highest BCUT2D eigenvalue weighted by atomic mass is 32.2. The third kappa shape index (κ3) is 3.58. The first-order chi connectivity index (χ1) is 11.9. The molecule has 0 bridgehead atoms. The van der Waals surface area contributed by atoms with Gasteiger partial charge < -0.3 is 9.80 Å². The van der Waals surface area contributed by atoms with Crippen molar-refractivity contribution in [3.63, 3.8) is 0 Å². The first-order valence-corrected chi connectivity index (χ1v) is 9.31. The molecule has 25 heavy (non-hydrogen) atoms. The largest absolute Gasteiger partial charge is 0.368 e. The second-order valence-corrected chi connectivity index (χ2v) is 7.64. The predicted molar refractivity (Wildman–Crippen MR) is 90.5 cm³/mol.